The molecule has 2 fully saturated rings. The van der Waals surface area contributed by atoms with E-state index in [-0.39, 0.29) is 22.7 Å². The molecule has 1 saturated carbocycles. The summed E-state index contributed by atoms with van der Waals surface area (Å²) >= 11 is 0. The maximum Gasteiger partial charge on any atom is 0.309 e. The van der Waals surface area contributed by atoms with Crippen molar-refractivity contribution in [2.75, 3.05) is 13.1 Å². The third-order valence-corrected chi connectivity index (χ3v) is 5.96. The van der Waals surface area contributed by atoms with Crippen molar-refractivity contribution in [1.82, 2.24) is 4.90 Å². The van der Waals surface area contributed by atoms with Crippen LogP contribution in [-0.2, 0) is 9.59 Å². The summed E-state index contributed by atoms with van der Waals surface area (Å²) in [5.74, 6) is -0.455. The number of piperidine rings is 1. The van der Waals surface area contributed by atoms with Gasteiger partial charge in [-0.15, -0.1) is 0 Å². The van der Waals surface area contributed by atoms with Gasteiger partial charge < -0.3 is 10.0 Å². The molecule has 1 saturated heterocycles. The SMILES string of the molecule is CC1(C(=O)O)CCN(C(=O)C2C(C)(C)C2(C)C)CC1. The molecule has 0 atom stereocenters. The molecule has 4 heteroatoms. The van der Waals surface area contributed by atoms with Crippen molar-refractivity contribution in [3.63, 3.8) is 0 Å². The van der Waals surface area contributed by atoms with Crippen LogP contribution in [0.15, 0.2) is 0 Å². The van der Waals surface area contributed by atoms with Crippen molar-refractivity contribution < 1.29 is 14.7 Å². The average molecular weight is 267 g/mol. The Kier molecular flexibility index (Phi) is 3.00. The number of amides is 1. The number of carboxylic acid groups (broad SMARTS) is 1. The van der Waals surface area contributed by atoms with E-state index in [1.807, 2.05) is 4.90 Å². The first kappa shape index (κ1) is 14.4. The highest BCUT2D eigenvalue weighted by atomic mass is 16.4. The average Bonchev–Trinajstić information content (AvgIpc) is 2.69. The Hall–Kier alpha value is -1.06. The summed E-state index contributed by atoms with van der Waals surface area (Å²) in [6.07, 6.45) is 1.11. The van der Waals surface area contributed by atoms with Crippen molar-refractivity contribution in [3.05, 3.63) is 0 Å². The van der Waals surface area contributed by atoms with Gasteiger partial charge in [0.1, 0.15) is 0 Å². The Labute approximate surface area is 115 Å². The van der Waals surface area contributed by atoms with Gasteiger partial charge in [0.15, 0.2) is 0 Å². The van der Waals surface area contributed by atoms with Gasteiger partial charge in [-0.3, -0.25) is 9.59 Å². The lowest BCUT2D eigenvalue weighted by molar-refractivity contribution is -0.153. The molecular formula is C15H25NO3. The van der Waals surface area contributed by atoms with E-state index < -0.39 is 11.4 Å². The van der Waals surface area contributed by atoms with Crippen LogP contribution in [0.2, 0.25) is 0 Å². The zero-order valence-corrected chi connectivity index (χ0v) is 12.6. The Morgan fingerprint density at radius 1 is 1.00 bits per heavy atom. The van der Waals surface area contributed by atoms with E-state index in [2.05, 4.69) is 27.7 Å². The molecule has 2 aliphatic rings. The highest BCUT2D eigenvalue weighted by Crippen LogP contribution is 2.68. The van der Waals surface area contributed by atoms with Crippen LogP contribution in [0.5, 0.6) is 0 Å². The molecule has 1 amide bonds. The number of hydrogen-bond donors (Lipinski definition) is 1. The second-order valence-electron chi connectivity index (χ2n) is 7.57. The summed E-state index contributed by atoms with van der Waals surface area (Å²) in [7, 11) is 0. The standard InChI is InChI=1S/C15H25NO3/c1-13(2)10(14(13,3)4)11(17)16-8-6-15(5,7-9-16)12(18)19/h10H,6-9H2,1-5H3,(H,18,19). The largest absolute Gasteiger partial charge is 0.481 e. The highest BCUT2D eigenvalue weighted by Gasteiger charge is 2.68. The lowest BCUT2D eigenvalue weighted by Gasteiger charge is -2.36. The molecule has 4 nitrogen and oxygen atoms in total. The van der Waals surface area contributed by atoms with Gasteiger partial charge >= 0.3 is 5.97 Å². The normalized spacial score (nSPS) is 27.9. The smallest absolute Gasteiger partial charge is 0.309 e. The van der Waals surface area contributed by atoms with Gasteiger partial charge in [-0.1, -0.05) is 27.7 Å². The number of rotatable bonds is 2. The number of hydrogen-bond acceptors (Lipinski definition) is 2. The predicted molar refractivity (Wildman–Crippen MR) is 72.6 cm³/mol. The Balaban J connectivity index is 2.00. The molecule has 2 rings (SSSR count). The van der Waals surface area contributed by atoms with E-state index in [4.69, 9.17) is 0 Å². The number of carboxylic acids is 1. The minimum Gasteiger partial charge on any atom is -0.481 e. The molecule has 0 radical (unpaired) electrons. The van der Waals surface area contributed by atoms with Crippen LogP contribution in [0.1, 0.15) is 47.5 Å². The summed E-state index contributed by atoms with van der Waals surface area (Å²) in [6, 6.07) is 0. The monoisotopic (exact) mass is 267 g/mol. The molecule has 1 aliphatic carbocycles. The van der Waals surface area contributed by atoms with Crippen LogP contribution in [0.3, 0.4) is 0 Å². The van der Waals surface area contributed by atoms with E-state index in [0.29, 0.717) is 25.9 Å². The third kappa shape index (κ3) is 1.96. The molecule has 0 aromatic carbocycles. The zero-order chi connectivity index (χ0) is 14.6. The van der Waals surface area contributed by atoms with Crippen molar-refractivity contribution in [3.8, 4) is 0 Å². The molecule has 0 aromatic heterocycles. The summed E-state index contributed by atoms with van der Waals surface area (Å²) in [5.41, 5.74) is -0.555. The summed E-state index contributed by atoms with van der Waals surface area (Å²) in [4.78, 5) is 25.6. The van der Waals surface area contributed by atoms with E-state index in [1.54, 1.807) is 6.92 Å². The molecule has 0 unspecified atom stereocenters. The third-order valence-electron chi connectivity index (χ3n) is 5.96. The molecule has 0 spiro atoms. The second-order valence-corrected chi connectivity index (χ2v) is 7.57. The molecule has 108 valence electrons. The van der Waals surface area contributed by atoms with E-state index in [9.17, 15) is 14.7 Å². The van der Waals surface area contributed by atoms with Crippen LogP contribution >= 0.6 is 0 Å². The minimum absolute atomic E-state index is 0.0532. The number of aliphatic carboxylic acids is 1. The van der Waals surface area contributed by atoms with Gasteiger partial charge in [-0.25, -0.2) is 0 Å². The Morgan fingerprint density at radius 2 is 1.42 bits per heavy atom. The maximum absolute atomic E-state index is 12.6. The Morgan fingerprint density at radius 3 is 1.74 bits per heavy atom. The first-order chi connectivity index (χ1) is 8.54. The fourth-order valence-corrected chi connectivity index (χ4v) is 3.43. The van der Waals surface area contributed by atoms with Gasteiger partial charge in [0.25, 0.3) is 0 Å². The number of carbonyl (C=O) groups is 2. The van der Waals surface area contributed by atoms with Crippen molar-refractivity contribution in [1.29, 1.82) is 0 Å². The first-order valence-electron chi connectivity index (χ1n) is 7.06. The van der Waals surface area contributed by atoms with Gasteiger partial charge in [-0.05, 0) is 30.6 Å². The molecule has 1 aliphatic heterocycles. The van der Waals surface area contributed by atoms with E-state index in [1.165, 1.54) is 0 Å². The van der Waals surface area contributed by atoms with Crippen LogP contribution in [-0.4, -0.2) is 35.0 Å². The lowest BCUT2D eigenvalue weighted by atomic mass is 9.80. The van der Waals surface area contributed by atoms with Crippen LogP contribution in [0.4, 0.5) is 0 Å². The molecule has 19 heavy (non-hydrogen) atoms. The Bertz CT molecular complexity index is 403. The number of likely N-dealkylation sites (tertiary alicyclic amines) is 1. The van der Waals surface area contributed by atoms with Gasteiger partial charge in [0.05, 0.1) is 5.41 Å². The topological polar surface area (TPSA) is 57.6 Å². The summed E-state index contributed by atoms with van der Waals surface area (Å²) in [5, 5.41) is 9.21. The molecule has 1 N–H and O–H groups in total. The van der Waals surface area contributed by atoms with Gasteiger partial charge in [-0.2, -0.15) is 0 Å². The number of carbonyl (C=O) groups excluding carboxylic acids is 1. The second kappa shape index (κ2) is 3.97. The zero-order valence-electron chi connectivity index (χ0n) is 12.6. The number of nitrogens with zero attached hydrogens (tertiary/aromatic N) is 1. The molecular weight excluding hydrogens is 242 g/mol. The first-order valence-corrected chi connectivity index (χ1v) is 7.06. The van der Waals surface area contributed by atoms with Crippen LogP contribution < -0.4 is 0 Å². The van der Waals surface area contributed by atoms with Crippen LogP contribution in [0.25, 0.3) is 0 Å². The quantitative estimate of drug-likeness (QED) is 0.835. The van der Waals surface area contributed by atoms with Gasteiger partial charge in [0, 0.05) is 19.0 Å². The van der Waals surface area contributed by atoms with E-state index in [0.717, 1.165) is 0 Å². The van der Waals surface area contributed by atoms with Crippen LogP contribution in [0, 0.1) is 22.2 Å². The lowest BCUT2D eigenvalue weighted by Crippen LogP contribution is -2.46. The maximum atomic E-state index is 12.6. The summed E-state index contributed by atoms with van der Waals surface area (Å²) in [6.45, 7) is 11.5. The van der Waals surface area contributed by atoms with Gasteiger partial charge in [0.2, 0.25) is 5.91 Å². The summed E-state index contributed by atoms with van der Waals surface area (Å²) < 4.78 is 0. The predicted octanol–water partition coefficient (Wildman–Crippen LogP) is 2.38. The molecule has 1 heterocycles. The molecule has 0 aromatic rings. The fraction of sp³-hybridized carbons (Fsp3) is 0.867. The minimum atomic E-state index is -0.744. The van der Waals surface area contributed by atoms with Crippen molar-refractivity contribution in [2.45, 2.75) is 47.5 Å². The fourth-order valence-electron chi connectivity index (χ4n) is 3.43. The highest BCUT2D eigenvalue weighted by molar-refractivity contribution is 5.84. The molecule has 0 bridgehead atoms. The van der Waals surface area contributed by atoms with E-state index >= 15 is 0 Å². The van der Waals surface area contributed by atoms with Crippen molar-refractivity contribution >= 4 is 11.9 Å². The van der Waals surface area contributed by atoms with Crippen molar-refractivity contribution in [2.24, 2.45) is 22.2 Å².